The maximum absolute atomic E-state index is 12.8. The summed E-state index contributed by atoms with van der Waals surface area (Å²) in [5, 5.41) is 0.348. The van der Waals surface area contributed by atoms with Crippen LogP contribution in [-0.4, -0.2) is 66.2 Å². The molecular formula is C18H19F6N5O5P2S. The van der Waals surface area contributed by atoms with Crippen molar-refractivity contribution in [3.8, 4) is 0 Å². The van der Waals surface area contributed by atoms with Gasteiger partial charge in [0.2, 0.25) is 26.3 Å². The van der Waals surface area contributed by atoms with Gasteiger partial charge in [0.15, 0.2) is 5.65 Å². The van der Waals surface area contributed by atoms with Crippen LogP contribution in [0, 0.1) is 0 Å². The molecule has 3 aromatic rings. The van der Waals surface area contributed by atoms with E-state index in [1.165, 1.54) is 22.7 Å². The molecule has 2 aromatic heterocycles. The Labute approximate surface area is 209 Å². The second-order valence-electron chi connectivity index (χ2n) is 7.67. The van der Waals surface area contributed by atoms with Crippen molar-refractivity contribution in [3.63, 3.8) is 0 Å². The van der Waals surface area contributed by atoms with Crippen LogP contribution in [0.1, 0.15) is 0 Å². The maximum atomic E-state index is 12.8. The Morgan fingerprint density at radius 2 is 1.57 bits per heavy atom. The van der Waals surface area contributed by atoms with E-state index in [1.807, 2.05) is 0 Å². The van der Waals surface area contributed by atoms with E-state index in [0.29, 0.717) is 5.03 Å². The van der Waals surface area contributed by atoms with E-state index in [0.717, 1.165) is 4.90 Å². The molecule has 0 spiro atoms. The molecule has 1 aromatic carbocycles. The molecule has 0 saturated heterocycles. The highest BCUT2D eigenvalue weighted by Gasteiger charge is 2.54. The van der Waals surface area contributed by atoms with E-state index < -0.39 is 51.6 Å². The molecule has 0 saturated carbocycles. The zero-order valence-electron chi connectivity index (χ0n) is 18.4. The average Bonchev–Trinajstić information content (AvgIpc) is 3.11. The molecule has 3 rings (SSSR count). The number of benzene rings is 1. The van der Waals surface area contributed by atoms with Crippen LogP contribution in [0.25, 0.3) is 11.2 Å². The Hall–Kier alpha value is -2.16. The number of nitrogen functional groups attached to an aromatic ring is 1. The second kappa shape index (κ2) is 10.9. The van der Waals surface area contributed by atoms with Gasteiger partial charge in [-0.3, -0.25) is 9.13 Å². The number of ether oxygens (including phenoxy) is 1. The highest BCUT2D eigenvalue weighted by atomic mass is 32.2. The van der Waals surface area contributed by atoms with Crippen LogP contribution in [0.4, 0.5) is 32.3 Å². The third kappa shape index (κ3) is 8.16. The van der Waals surface area contributed by atoms with Gasteiger partial charge in [0, 0.05) is 11.4 Å². The monoisotopic (exact) mass is 593 g/mol. The number of hydrogen-bond donors (Lipinski definition) is 3. The van der Waals surface area contributed by atoms with Gasteiger partial charge in [0.1, 0.15) is 22.9 Å². The van der Waals surface area contributed by atoms with Crippen LogP contribution in [-0.2, 0) is 20.4 Å². The number of anilines is 1. The summed E-state index contributed by atoms with van der Waals surface area (Å²) < 4.78 is 107. The topological polar surface area (TPSA) is 153 Å². The summed E-state index contributed by atoms with van der Waals surface area (Å²) in [6, 6.07) is 8.96. The van der Waals surface area contributed by atoms with Crippen LogP contribution < -0.4 is 5.73 Å². The molecule has 0 aliphatic carbocycles. The van der Waals surface area contributed by atoms with E-state index in [9.17, 15) is 45.3 Å². The van der Waals surface area contributed by atoms with Gasteiger partial charge in [0.05, 0.1) is 12.9 Å². The van der Waals surface area contributed by atoms with E-state index >= 15 is 0 Å². The van der Waals surface area contributed by atoms with Crippen molar-refractivity contribution in [2.75, 3.05) is 24.7 Å². The van der Waals surface area contributed by atoms with Crippen molar-refractivity contribution in [2.45, 2.75) is 34.4 Å². The lowest BCUT2D eigenvalue weighted by Crippen LogP contribution is -2.27. The lowest BCUT2D eigenvalue weighted by molar-refractivity contribution is -0.108. The molecule has 2 heterocycles. The second-order valence-corrected chi connectivity index (χ2v) is 13.7. The fourth-order valence-corrected chi connectivity index (χ4v) is 8.87. The van der Waals surface area contributed by atoms with Gasteiger partial charge >= 0.3 is 12.4 Å². The number of nitrogens with zero attached hydrogens (tertiary/aromatic N) is 4. The van der Waals surface area contributed by atoms with Crippen LogP contribution in [0.2, 0.25) is 0 Å². The fourth-order valence-electron chi connectivity index (χ4n) is 3.21. The maximum Gasteiger partial charge on any atom is 0.398 e. The molecule has 10 nitrogen and oxygen atoms in total. The molecule has 0 aliphatic heterocycles. The summed E-state index contributed by atoms with van der Waals surface area (Å²) >= 11 is 1.20. The summed E-state index contributed by atoms with van der Waals surface area (Å²) in [6.07, 6.45) is -14.4. The molecule has 2 atom stereocenters. The van der Waals surface area contributed by atoms with Gasteiger partial charge in [-0.15, -0.1) is 0 Å². The standard InChI is InChI=1S/C18H19F6N5O5P2S/c19-17(20,21)8-35(30,31)16(36(32,33)9-18(22,23)24)34-7-6-29-10-26-12-13(29)27-15(25)28-14(12)37-11-4-2-1-3-5-11/h1-5,10,16H,6-9H2,(H,30,31)(H,32,33)(H2,25,27,28). The predicted molar refractivity (Wildman–Crippen MR) is 122 cm³/mol. The Balaban J connectivity index is 1.84. The molecule has 0 aliphatic rings. The summed E-state index contributed by atoms with van der Waals surface area (Å²) in [4.78, 5) is 32.8. The van der Waals surface area contributed by atoms with E-state index in [-0.39, 0.29) is 23.7 Å². The first-order valence-electron chi connectivity index (χ1n) is 10.1. The zero-order valence-corrected chi connectivity index (χ0v) is 21.0. The molecular weight excluding hydrogens is 574 g/mol. The predicted octanol–water partition coefficient (Wildman–Crippen LogP) is 4.53. The number of halogens is 6. The van der Waals surface area contributed by atoms with Gasteiger partial charge in [-0.25, -0.2) is 9.97 Å². The SMILES string of the molecule is Nc1nc(Sc2ccccc2)c2ncn(CCOC(P(=O)(O)CC(F)(F)F)P(=O)(O)CC(F)(F)F)c2n1. The number of nitrogens with two attached hydrogens (primary N) is 1. The van der Waals surface area contributed by atoms with Crippen molar-refractivity contribution in [3.05, 3.63) is 36.7 Å². The quantitative estimate of drug-likeness (QED) is 0.174. The molecule has 0 fully saturated rings. The smallest absolute Gasteiger partial charge is 0.368 e. The van der Waals surface area contributed by atoms with Crippen LogP contribution in [0.15, 0.2) is 46.6 Å². The summed E-state index contributed by atoms with van der Waals surface area (Å²) in [6.45, 7) is -1.21. The highest BCUT2D eigenvalue weighted by Crippen LogP contribution is 2.67. The normalized spacial score (nSPS) is 16.9. The molecule has 0 bridgehead atoms. The van der Waals surface area contributed by atoms with E-state index in [2.05, 4.69) is 15.0 Å². The first kappa shape index (κ1) is 29.4. The number of aromatic nitrogens is 4. The van der Waals surface area contributed by atoms with Crippen LogP contribution in [0.5, 0.6) is 0 Å². The molecule has 37 heavy (non-hydrogen) atoms. The lowest BCUT2D eigenvalue weighted by atomic mass is 10.4. The van der Waals surface area contributed by atoms with Gasteiger partial charge in [-0.2, -0.15) is 31.3 Å². The van der Waals surface area contributed by atoms with Crippen molar-refractivity contribution in [2.24, 2.45) is 0 Å². The summed E-state index contributed by atoms with van der Waals surface area (Å²) in [5.41, 5.74) is 3.01. The van der Waals surface area contributed by atoms with Gasteiger partial charge in [-0.05, 0) is 12.1 Å². The number of alkyl halides is 6. The Morgan fingerprint density at radius 3 is 2.11 bits per heavy atom. The number of imidazole rings is 1. The Morgan fingerprint density at radius 1 is 1.00 bits per heavy atom. The third-order valence-corrected chi connectivity index (χ3v) is 11.0. The van der Waals surface area contributed by atoms with Crippen molar-refractivity contribution >= 4 is 43.6 Å². The number of fused-ring (bicyclic) bond motifs is 1. The van der Waals surface area contributed by atoms with Crippen molar-refractivity contribution in [1.29, 1.82) is 0 Å². The van der Waals surface area contributed by atoms with Crippen LogP contribution >= 0.6 is 26.5 Å². The summed E-state index contributed by atoms with van der Waals surface area (Å²) in [5.74, 6) is -0.165. The molecule has 0 amide bonds. The summed E-state index contributed by atoms with van der Waals surface area (Å²) in [7, 11) is -11.6. The molecule has 2 unspecified atom stereocenters. The minimum Gasteiger partial charge on any atom is -0.368 e. The first-order valence-corrected chi connectivity index (χ1v) is 14.7. The largest absolute Gasteiger partial charge is 0.398 e. The van der Waals surface area contributed by atoms with Crippen molar-refractivity contribution < 1.29 is 50.0 Å². The zero-order chi connectivity index (χ0) is 27.6. The van der Waals surface area contributed by atoms with E-state index in [4.69, 9.17) is 10.5 Å². The van der Waals surface area contributed by atoms with E-state index in [1.54, 1.807) is 30.3 Å². The van der Waals surface area contributed by atoms with Crippen LogP contribution in [0.3, 0.4) is 0 Å². The fraction of sp³-hybridized carbons (Fsp3) is 0.389. The highest BCUT2D eigenvalue weighted by molar-refractivity contribution is 7.99. The Kier molecular flexibility index (Phi) is 8.67. The average molecular weight is 593 g/mol. The third-order valence-electron chi connectivity index (χ3n) is 4.51. The molecule has 19 heteroatoms. The molecule has 4 N–H and O–H groups in total. The first-order chi connectivity index (χ1) is 17.0. The Bertz CT molecular complexity index is 1300. The number of hydrogen-bond acceptors (Lipinski definition) is 8. The van der Waals surface area contributed by atoms with Gasteiger partial charge in [-0.1, -0.05) is 30.0 Å². The number of rotatable bonds is 10. The van der Waals surface area contributed by atoms with Gasteiger partial charge < -0.3 is 24.8 Å². The van der Waals surface area contributed by atoms with Crippen molar-refractivity contribution in [1.82, 2.24) is 19.5 Å². The minimum atomic E-state index is -5.78. The molecule has 0 radical (unpaired) electrons. The molecule has 204 valence electrons. The van der Waals surface area contributed by atoms with Gasteiger partial charge in [0.25, 0.3) is 0 Å². The lowest BCUT2D eigenvalue weighted by Gasteiger charge is -2.28. The minimum absolute atomic E-state index is 0.121.